The summed E-state index contributed by atoms with van der Waals surface area (Å²) in [5, 5.41) is 8.85. The van der Waals surface area contributed by atoms with Crippen molar-refractivity contribution in [1.29, 1.82) is 0 Å². The third-order valence-electron chi connectivity index (χ3n) is 2.21. The van der Waals surface area contributed by atoms with E-state index in [1.165, 1.54) is 6.08 Å². The van der Waals surface area contributed by atoms with Gasteiger partial charge in [-0.25, -0.2) is 4.79 Å². The first kappa shape index (κ1) is 14.0. The van der Waals surface area contributed by atoms with Crippen LogP contribution in [0.4, 0.5) is 5.69 Å². The van der Waals surface area contributed by atoms with Crippen molar-refractivity contribution in [3.63, 3.8) is 0 Å². The van der Waals surface area contributed by atoms with E-state index in [4.69, 9.17) is 15.6 Å². The minimum atomic E-state index is -0.446. The number of hydrogen-bond acceptors (Lipinski definition) is 4. The number of benzene rings is 1. The lowest BCUT2D eigenvalue weighted by Crippen LogP contribution is -2.06. The largest absolute Gasteiger partial charge is 0.462 e. The van der Waals surface area contributed by atoms with Gasteiger partial charge in [-0.15, -0.1) is 0 Å². The molecule has 4 heteroatoms. The van der Waals surface area contributed by atoms with E-state index in [-0.39, 0.29) is 6.61 Å². The van der Waals surface area contributed by atoms with Crippen molar-refractivity contribution in [3.8, 4) is 0 Å². The lowest BCUT2D eigenvalue weighted by molar-refractivity contribution is -0.138. The molecule has 0 fully saturated rings. The Kier molecular flexibility index (Phi) is 5.67. The molecule has 0 heterocycles. The highest BCUT2D eigenvalue weighted by Crippen LogP contribution is 2.09. The SMILES string of the molecule is CCOC(=O)C(C=Cc1ccc(N)cc1)=CCO. The Morgan fingerprint density at radius 3 is 2.61 bits per heavy atom. The highest BCUT2D eigenvalue weighted by molar-refractivity contribution is 5.92. The second kappa shape index (κ2) is 7.29. The van der Waals surface area contributed by atoms with Gasteiger partial charge in [-0.3, -0.25) is 0 Å². The number of nitrogens with two attached hydrogens (primary N) is 1. The standard InChI is InChI=1S/C14H17NO3/c1-2-18-14(17)12(9-10-16)6-3-11-4-7-13(15)8-5-11/h3-9,16H,2,10,15H2,1H3. The highest BCUT2D eigenvalue weighted by Gasteiger charge is 2.05. The fourth-order valence-electron chi connectivity index (χ4n) is 1.33. The van der Waals surface area contributed by atoms with Crippen molar-refractivity contribution >= 4 is 17.7 Å². The molecule has 4 nitrogen and oxygen atoms in total. The molecule has 0 saturated heterocycles. The van der Waals surface area contributed by atoms with Crippen molar-refractivity contribution in [1.82, 2.24) is 0 Å². The average molecular weight is 247 g/mol. The summed E-state index contributed by atoms with van der Waals surface area (Å²) in [6.45, 7) is 1.83. The first-order chi connectivity index (χ1) is 8.67. The maximum Gasteiger partial charge on any atom is 0.337 e. The Labute approximate surface area is 106 Å². The number of carbonyl (C=O) groups is 1. The fourth-order valence-corrected chi connectivity index (χ4v) is 1.33. The molecule has 0 unspecified atom stereocenters. The van der Waals surface area contributed by atoms with E-state index >= 15 is 0 Å². The molecule has 0 spiro atoms. The number of aliphatic hydroxyl groups is 1. The first-order valence-electron chi connectivity index (χ1n) is 5.69. The number of anilines is 1. The number of nitrogen functional groups attached to an aromatic ring is 1. The lowest BCUT2D eigenvalue weighted by atomic mass is 10.1. The molecule has 18 heavy (non-hydrogen) atoms. The zero-order valence-electron chi connectivity index (χ0n) is 10.3. The second-order valence-corrected chi connectivity index (χ2v) is 3.56. The molecule has 0 saturated carbocycles. The summed E-state index contributed by atoms with van der Waals surface area (Å²) in [6, 6.07) is 7.24. The van der Waals surface area contributed by atoms with Crippen molar-refractivity contribution in [3.05, 3.63) is 47.6 Å². The Hall–Kier alpha value is -2.07. The zero-order valence-corrected chi connectivity index (χ0v) is 10.3. The maximum atomic E-state index is 11.5. The monoisotopic (exact) mass is 247 g/mol. The second-order valence-electron chi connectivity index (χ2n) is 3.56. The molecule has 0 bridgehead atoms. The molecule has 1 aromatic rings. The van der Waals surface area contributed by atoms with Gasteiger partial charge in [-0.05, 0) is 36.8 Å². The summed E-state index contributed by atoms with van der Waals surface area (Å²) in [6.07, 6.45) is 4.78. The van der Waals surface area contributed by atoms with Crippen LogP contribution in [0.3, 0.4) is 0 Å². The number of ether oxygens (including phenoxy) is 1. The van der Waals surface area contributed by atoms with E-state index in [9.17, 15) is 4.79 Å². The predicted octanol–water partition coefficient (Wildman–Crippen LogP) is 1.76. The normalized spacial score (nSPS) is 11.8. The van der Waals surface area contributed by atoms with Gasteiger partial charge in [0.1, 0.15) is 0 Å². The first-order valence-corrected chi connectivity index (χ1v) is 5.69. The summed E-state index contributed by atoms with van der Waals surface area (Å²) in [4.78, 5) is 11.5. The summed E-state index contributed by atoms with van der Waals surface area (Å²) in [5.41, 5.74) is 7.50. The molecule has 0 amide bonds. The zero-order chi connectivity index (χ0) is 13.4. The molecule has 3 N–H and O–H groups in total. The molecule has 0 aliphatic carbocycles. The van der Waals surface area contributed by atoms with Crippen molar-refractivity contribution in [2.24, 2.45) is 0 Å². The quantitative estimate of drug-likeness (QED) is 0.360. The number of aliphatic hydroxyl groups excluding tert-OH is 1. The van der Waals surface area contributed by atoms with Crippen molar-refractivity contribution in [2.75, 3.05) is 18.9 Å². The van der Waals surface area contributed by atoms with Gasteiger partial charge in [0.15, 0.2) is 0 Å². The van der Waals surface area contributed by atoms with Gasteiger partial charge in [0.25, 0.3) is 0 Å². The van der Waals surface area contributed by atoms with Gasteiger partial charge >= 0.3 is 5.97 Å². The van der Waals surface area contributed by atoms with E-state index in [0.29, 0.717) is 17.9 Å². The van der Waals surface area contributed by atoms with Crippen LogP contribution in [0.1, 0.15) is 12.5 Å². The molecule has 96 valence electrons. The van der Waals surface area contributed by atoms with E-state index in [0.717, 1.165) is 5.56 Å². The van der Waals surface area contributed by atoms with Gasteiger partial charge in [-0.2, -0.15) is 0 Å². The van der Waals surface area contributed by atoms with Gasteiger partial charge in [0.05, 0.1) is 18.8 Å². The Balaban J connectivity index is 2.80. The highest BCUT2D eigenvalue weighted by atomic mass is 16.5. The molecule has 0 aliphatic heterocycles. The molecule has 1 aromatic carbocycles. The summed E-state index contributed by atoms with van der Waals surface area (Å²) in [7, 11) is 0. The van der Waals surface area contributed by atoms with Crippen molar-refractivity contribution < 1.29 is 14.6 Å². The molecular weight excluding hydrogens is 230 g/mol. The molecule has 1 rings (SSSR count). The number of rotatable bonds is 5. The number of esters is 1. The van der Waals surface area contributed by atoms with Crippen LogP contribution in [-0.2, 0) is 9.53 Å². The molecule has 0 radical (unpaired) electrons. The molecular formula is C14H17NO3. The maximum absolute atomic E-state index is 11.5. The molecule has 0 aliphatic rings. The van der Waals surface area contributed by atoms with Crippen LogP contribution in [-0.4, -0.2) is 24.3 Å². The smallest absolute Gasteiger partial charge is 0.337 e. The van der Waals surface area contributed by atoms with Crippen LogP contribution >= 0.6 is 0 Å². The predicted molar refractivity (Wildman–Crippen MR) is 71.7 cm³/mol. The Bertz CT molecular complexity index is 447. The third-order valence-corrected chi connectivity index (χ3v) is 2.21. The topological polar surface area (TPSA) is 72.5 Å². The number of hydrogen-bond donors (Lipinski definition) is 2. The minimum absolute atomic E-state index is 0.208. The molecule has 0 aromatic heterocycles. The fraction of sp³-hybridized carbons (Fsp3) is 0.214. The van der Waals surface area contributed by atoms with Gasteiger partial charge in [-0.1, -0.05) is 18.2 Å². The van der Waals surface area contributed by atoms with E-state index in [2.05, 4.69) is 0 Å². The van der Waals surface area contributed by atoms with Gasteiger partial charge in [0, 0.05) is 5.69 Å². The van der Waals surface area contributed by atoms with Crippen molar-refractivity contribution in [2.45, 2.75) is 6.92 Å². The van der Waals surface area contributed by atoms with E-state index in [1.807, 2.05) is 12.1 Å². The average Bonchev–Trinajstić information content (AvgIpc) is 2.36. The van der Waals surface area contributed by atoms with Crippen LogP contribution in [0.25, 0.3) is 6.08 Å². The Morgan fingerprint density at radius 1 is 1.39 bits per heavy atom. The number of carbonyl (C=O) groups excluding carboxylic acids is 1. The summed E-state index contributed by atoms with van der Waals surface area (Å²) in [5.74, 6) is -0.446. The van der Waals surface area contributed by atoms with E-state index < -0.39 is 5.97 Å². The van der Waals surface area contributed by atoms with E-state index in [1.54, 1.807) is 31.2 Å². The van der Waals surface area contributed by atoms with Crippen LogP contribution < -0.4 is 5.73 Å². The Morgan fingerprint density at radius 2 is 2.06 bits per heavy atom. The van der Waals surface area contributed by atoms with Gasteiger partial charge < -0.3 is 15.6 Å². The van der Waals surface area contributed by atoms with Gasteiger partial charge in [0.2, 0.25) is 0 Å². The van der Waals surface area contributed by atoms with Crippen LogP contribution in [0.5, 0.6) is 0 Å². The third kappa shape index (κ3) is 4.43. The summed E-state index contributed by atoms with van der Waals surface area (Å²) < 4.78 is 4.87. The minimum Gasteiger partial charge on any atom is -0.462 e. The lowest BCUT2D eigenvalue weighted by Gasteiger charge is -2.02. The van der Waals surface area contributed by atoms with Crippen LogP contribution in [0, 0.1) is 0 Å². The molecule has 0 atom stereocenters. The van der Waals surface area contributed by atoms with Crippen LogP contribution in [0.15, 0.2) is 42.0 Å². The van der Waals surface area contributed by atoms with Crippen LogP contribution in [0.2, 0.25) is 0 Å². The summed E-state index contributed by atoms with van der Waals surface area (Å²) >= 11 is 0.